The molecule has 0 unspecified atom stereocenters. The van der Waals surface area contributed by atoms with Crippen molar-refractivity contribution >= 4 is 29.1 Å². The standard InChI is InChI=1S/C25H24ClN3O2/c26-21-12-7-13-22(18-21)28-14-16-29(17-15-28)25(31)24(30)27-23(19-8-3-1-4-9-19)20-10-5-2-6-11-20/h1-13,18,23H,14-17H2,(H,27,30). The summed E-state index contributed by atoms with van der Waals surface area (Å²) in [6, 6.07) is 26.6. The highest BCUT2D eigenvalue weighted by molar-refractivity contribution is 6.35. The molecular formula is C25H24ClN3O2. The minimum absolute atomic E-state index is 0.383. The molecule has 4 rings (SSSR count). The van der Waals surface area contributed by atoms with Gasteiger partial charge in [-0.15, -0.1) is 0 Å². The van der Waals surface area contributed by atoms with Crippen molar-refractivity contribution in [3.8, 4) is 0 Å². The Balaban J connectivity index is 1.42. The van der Waals surface area contributed by atoms with Crippen molar-refractivity contribution in [2.24, 2.45) is 0 Å². The van der Waals surface area contributed by atoms with E-state index < -0.39 is 11.8 Å². The Bertz CT molecular complexity index is 995. The second-order valence-electron chi connectivity index (χ2n) is 7.49. The van der Waals surface area contributed by atoms with Gasteiger partial charge in [0, 0.05) is 36.9 Å². The molecule has 31 heavy (non-hydrogen) atoms. The van der Waals surface area contributed by atoms with Crippen LogP contribution < -0.4 is 10.2 Å². The van der Waals surface area contributed by atoms with E-state index in [4.69, 9.17) is 11.6 Å². The molecular weight excluding hydrogens is 410 g/mol. The van der Waals surface area contributed by atoms with Gasteiger partial charge in [-0.3, -0.25) is 9.59 Å². The molecule has 1 heterocycles. The summed E-state index contributed by atoms with van der Waals surface area (Å²) in [5, 5.41) is 3.62. The fourth-order valence-corrected chi connectivity index (χ4v) is 4.01. The summed E-state index contributed by atoms with van der Waals surface area (Å²) in [6.45, 7) is 2.28. The number of halogens is 1. The SMILES string of the molecule is O=C(NC(c1ccccc1)c1ccccc1)C(=O)N1CCN(c2cccc(Cl)c2)CC1. The van der Waals surface area contributed by atoms with Gasteiger partial charge in [-0.25, -0.2) is 0 Å². The molecule has 1 aliphatic rings. The number of anilines is 1. The predicted molar refractivity (Wildman–Crippen MR) is 123 cm³/mol. The number of hydrogen-bond acceptors (Lipinski definition) is 3. The van der Waals surface area contributed by atoms with Crippen LogP contribution in [-0.2, 0) is 9.59 Å². The summed E-state index contributed by atoms with van der Waals surface area (Å²) in [7, 11) is 0. The van der Waals surface area contributed by atoms with E-state index in [0.29, 0.717) is 31.2 Å². The molecule has 0 radical (unpaired) electrons. The van der Waals surface area contributed by atoms with Crippen LogP contribution in [0.15, 0.2) is 84.9 Å². The number of nitrogens with zero attached hydrogens (tertiary/aromatic N) is 2. The molecule has 0 atom stereocenters. The van der Waals surface area contributed by atoms with Crippen molar-refractivity contribution in [1.82, 2.24) is 10.2 Å². The van der Waals surface area contributed by atoms with Crippen LogP contribution in [0.2, 0.25) is 5.02 Å². The number of carbonyl (C=O) groups excluding carboxylic acids is 2. The first kappa shape index (κ1) is 20.9. The van der Waals surface area contributed by atoms with Crippen LogP contribution in [0.5, 0.6) is 0 Å². The Kier molecular flexibility index (Phi) is 6.53. The molecule has 1 saturated heterocycles. The van der Waals surface area contributed by atoms with Crippen molar-refractivity contribution in [3.63, 3.8) is 0 Å². The lowest BCUT2D eigenvalue weighted by atomic mass is 9.98. The molecule has 0 aromatic heterocycles. The first-order valence-corrected chi connectivity index (χ1v) is 10.7. The van der Waals surface area contributed by atoms with E-state index in [9.17, 15) is 9.59 Å². The second-order valence-corrected chi connectivity index (χ2v) is 7.92. The van der Waals surface area contributed by atoms with E-state index in [1.54, 1.807) is 4.90 Å². The maximum atomic E-state index is 12.9. The molecule has 158 valence electrons. The number of carbonyl (C=O) groups is 2. The number of rotatable bonds is 4. The summed E-state index contributed by atoms with van der Waals surface area (Å²) in [4.78, 5) is 29.5. The predicted octanol–water partition coefficient (Wildman–Crippen LogP) is 3.89. The van der Waals surface area contributed by atoms with Gasteiger partial charge in [0.15, 0.2) is 0 Å². The third-order valence-electron chi connectivity index (χ3n) is 5.48. The monoisotopic (exact) mass is 433 g/mol. The minimum Gasteiger partial charge on any atom is -0.368 e. The Labute approximate surface area is 187 Å². The fourth-order valence-electron chi connectivity index (χ4n) is 3.83. The van der Waals surface area contributed by atoms with E-state index in [2.05, 4.69) is 10.2 Å². The largest absolute Gasteiger partial charge is 0.368 e. The van der Waals surface area contributed by atoms with Crippen LogP contribution in [0.25, 0.3) is 0 Å². The Morgan fingerprint density at radius 3 is 1.90 bits per heavy atom. The van der Waals surface area contributed by atoms with E-state index in [0.717, 1.165) is 16.8 Å². The number of nitrogens with one attached hydrogen (secondary N) is 1. The van der Waals surface area contributed by atoms with Crippen molar-refractivity contribution in [3.05, 3.63) is 101 Å². The van der Waals surface area contributed by atoms with E-state index in [1.165, 1.54) is 0 Å². The fraction of sp³-hybridized carbons (Fsp3) is 0.200. The van der Waals surface area contributed by atoms with Gasteiger partial charge in [-0.1, -0.05) is 78.3 Å². The van der Waals surface area contributed by atoms with Crippen LogP contribution >= 0.6 is 11.6 Å². The Morgan fingerprint density at radius 2 is 1.35 bits per heavy atom. The van der Waals surface area contributed by atoms with Crippen LogP contribution in [-0.4, -0.2) is 42.9 Å². The molecule has 0 aliphatic carbocycles. The zero-order valence-electron chi connectivity index (χ0n) is 17.1. The summed E-state index contributed by atoms with van der Waals surface area (Å²) in [5.41, 5.74) is 2.89. The third kappa shape index (κ3) is 5.06. The lowest BCUT2D eigenvalue weighted by Gasteiger charge is -2.36. The van der Waals surface area contributed by atoms with Crippen molar-refractivity contribution < 1.29 is 9.59 Å². The molecule has 3 aromatic rings. The average Bonchev–Trinajstić information content (AvgIpc) is 2.83. The molecule has 1 fully saturated rings. The van der Waals surface area contributed by atoms with Crippen LogP contribution in [0.4, 0.5) is 5.69 Å². The summed E-state index contributed by atoms with van der Waals surface area (Å²) < 4.78 is 0. The minimum atomic E-state index is -0.589. The number of amides is 2. The molecule has 0 saturated carbocycles. The number of piperazine rings is 1. The third-order valence-corrected chi connectivity index (χ3v) is 5.71. The van der Waals surface area contributed by atoms with Gasteiger partial charge in [0.2, 0.25) is 0 Å². The van der Waals surface area contributed by atoms with E-state index in [1.807, 2.05) is 84.9 Å². The average molecular weight is 434 g/mol. The number of hydrogen-bond donors (Lipinski definition) is 1. The maximum absolute atomic E-state index is 12.9. The van der Waals surface area contributed by atoms with Gasteiger partial charge in [0.25, 0.3) is 0 Å². The lowest BCUT2D eigenvalue weighted by molar-refractivity contribution is -0.146. The normalized spacial score (nSPS) is 13.9. The molecule has 3 aromatic carbocycles. The maximum Gasteiger partial charge on any atom is 0.312 e. The zero-order valence-corrected chi connectivity index (χ0v) is 17.8. The van der Waals surface area contributed by atoms with Crippen LogP contribution in [0, 0.1) is 0 Å². The van der Waals surface area contributed by atoms with Gasteiger partial charge in [0.05, 0.1) is 6.04 Å². The quantitative estimate of drug-likeness (QED) is 0.635. The van der Waals surface area contributed by atoms with Gasteiger partial charge in [-0.05, 0) is 29.3 Å². The van der Waals surface area contributed by atoms with Gasteiger partial charge >= 0.3 is 11.8 Å². The number of benzene rings is 3. The lowest BCUT2D eigenvalue weighted by Crippen LogP contribution is -2.53. The summed E-state index contributed by atoms with van der Waals surface area (Å²) >= 11 is 6.09. The van der Waals surface area contributed by atoms with Crippen molar-refractivity contribution in [2.75, 3.05) is 31.1 Å². The van der Waals surface area contributed by atoms with Gasteiger partial charge in [0.1, 0.15) is 0 Å². The topological polar surface area (TPSA) is 52.7 Å². The van der Waals surface area contributed by atoms with Crippen molar-refractivity contribution in [1.29, 1.82) is 0 Å². The molecule has 1 aliphatic heterocycles. The second kappa shape index (κ2) is 9.67. The van der Waals surface area contributed by atoms with E-state index >= 15 is 0 Å². The molecule has 1 N–H and O–H groups in total. The molecule has 6 heteroatoms. The molecule has 2 amide bonds. The zero-order chi connectivity index (χ0) is 21.6. The first-order chi connectivity index (χ1) is 15.1. The highest BCUT2D eigenvalue weighted by Crippen LogP contribution is 2.23. The van der Waals surface area contributed by atoms with Crippen molar-refractivity contribution in [2.45, 2.75) is 6.04 Å². The molecule has 5 nitrogen and oxygen atoms in total. The Morgan fingerprint density at radius 1 is 0.774 bits per heavy atom. The first-order valence-electron chi connectivity index (χ1n) is 10.3. The molecule has 0 spiro atoms. The summed E-state index contributed by atoms with van der Waals surface area (Å²) in [6.07, 6.45) is 0. The smallest absolute Gasteiger partial charge is 0.312 e. The van der Waals surface area contributed by atoms with Crippen LogP contribution in [0.3, 0.4) is 0 Å². The van der Waals surface area contributed by atoms with Crippen LogP contribution in [0.1, 0.15) is 17.2 Å². The summed E-state index contributed by atoms with van der Waals surface area (Å²) in [5.74, 6) is -1.09. The highest BCUT2D eigenvalue weighted by atomic mass is 35.5. The highest BCUT2D eigenvalue weighted by Gasteiger charge is 2.28. The van der Waals surface area contributed by atoms with Gasteiger partial charge < -0.3 is 15.1 Å². The van der Waals surface area contributed by atoms with Gasteiger partial charge in [-0.2, -0.15) is 0 Å². The molecule has 0 bridgehead atoms. The Hall–Kier alpha value is -3.31. The van der Waals surface area contributed by atoms with E-state index in [-0.39, 0.29) is 6.04 Å².